The highest BCUT2D eigenvalue weighted by molar-refractivity contribution is 9.09. The van der Waals surface area contributed by atoms with Gasteiger partial charge in [-0.15, -0.1) is 0 Å². The topological polar surface area (TPSA) is 18.5 Å². The molecule has 0 radical (unpaired) electrons. The van der Waals surface area contributed by atoms with E-state index in [0.717, 1.165) is 59.3 Å². The molecule has 0 spiro atoms. The van der Waals surface area contributed by atoms with Gasteiger partial charge in [0.25, 0.3) is 0 Å². The molecular weight excluding hydrogens is 648 g/mol. The number of unbranched alkanes of at least 4 members (excludes halogenated alkanes) is 6. The molecular formula is C38H42Br2O2. The van der Waals surface area contributed by atoms with Crippen LogP contribution in [0.4, 0.5) is 0 Å². The van der Waals surface area contributed by atoms with E-state index in [9.17, 15) is 0 Å². The highest BCUT2D eigenvalue weighted by Gasteiger charge is 2.16. The van der Waals surface area contributed by atoms with Crippen LogP contribution in [0, 0.1) is 0 Å². The molecule has 0 N–H and O–H groups in total. The minimum absolute atomic E-state index is 0.754. The summed E-state index contributed by atoms with van der Waals surface area (Å²) in [4.78, 5) is 0. The van der Waals surface area contributed by atoms with Crippen molar-refractivity contribution in [3.05, 3.63) is 131 Å². The molecule has 4 aromatic carbocycles. The summed E-state index contributed by atoms with van der Waals surface area (Å²) in [6, 6.07) is 38.6. The van der Waals surface area contributed by atoms with Gasteiger partial charge in [-0.1, -0.05) is 142 Å². The van der Waals surface area contributed by atoms with Crippen LogP contribution in [0.5, 0.6) is 11.5 Å². The monoisotopic (exact) mass is 688 g/mol. The molecule has 0 amide bonds. The maximum absolute atomic E-state index is 6.09. The molecule has 0 saturated carbocycles. The predicted octanol–water partition coefficient (Wildman–Crippen LogP) is 11.4. The lowest BCUT2D eigenvalue weighted by atomic mass is 9.86. The Morgan fingerprint density at radius 1 is 0.381 bits per heavy atom. The summed E-state index contributed by atoms with van der Waals surface area (Å²) in [5.74, 6) is 1.84. The quantitative estimate of drug-likeness (QED) is 0.0588. The Hall–Kier alpha value is -2.82. The lowest BCUT2D eigenvalue weighted by Gasteiger charge is -2.19. The maximum Gasteiger partial charge on any atom is 0.119 e. The van der Waals surface area contributed by atoms with Crippen molar-refractivity contribution in [3.8, 4) is 11.5 Å². The van der Waals surface area contributed by atoms with E-state index in [1.54, 1.807) is 0 Å². The Morgan fingerprint density at radius 2 is 0.714 bits per heavy atom. The Balaban J connectivity index is 1.62. The number of benzene rings is 4. The van der Waals surface area contributed by atoms with Crippen LogP contribution in [0.15, 0.2) is 109 Å². The number of hydrogen-bond donors (Lipinski definition) is 0. The van der Waals surface area contributed by atoms with Crippen LogP contribution < -0.4 is 9.47 Å². The molecule has 42 heavy (non-hydrogen) atoms. The van der Waals surface area contributed by atoms with E-state index in [-0.39, 0.29) is 0 Å². The van der Waals surface area contributed by atoms with E-state index in [2.05, 4.69) is 141 Å². The second-order valence-electron chi connectivity index (χ2n) is 10.4. The van der Waals surface area contributed by atoms with Crippen molar-refractivity contribution in [1.29, 1.82) is 0 Å². The molecule has 4 rings (SSSR count). The van der Waals surface area contributed by atoms with Gasteiger partial charge in [-0.2, -0.15) is 0 Å². The van der Waals surface area contributed by atoms with Crippen molar-refractivity contribution >= 4 is 43.0 Å². The van der Waals surface area contributed by atoms with Gasteiger partial charge >= 0.3 is 0 Å². The minimum atomic E-state index is 0.754. The van der Waals surface area contributed by atoms with Crippen molar-refractivity contribution in [2.24, 2.45) is 0 Å². The molecule has 4 aromatic rings. The van der Waals surface area contributed by atoms with Gasteiger partial charge in [-0.3, -0.25) is 0 Å². The molecule has 0 unspecified atom stereocenters. The molecule has 4 heteroatoms. The molecule has 0 atom stereocenters. The van der Waals surface area contributed by atoms with E-state index < -0.39 is 0 Å². The summed E-state index contributed by atoms with van der Waals surface area (Å²) in [7, 11) is 0. The number of ether oxygens (including phenoxy) is 2. The first-order valence-corrected chi connectivity index (χ1v) is 17.5. The highest BCUT2D eigenvalue weighted by Crippen LogP contribution is 2.37. The minimum Gasteiger partial charge on any atom is -0.494 e. The zero-order chi connectivity index (χ0) is 29.2. The summed E-state index contributed by atoms with van der Waals surface area (Å²) in [6.45, 7) is 1.51. The van der Waals surface area contributed by atoms with E-state index in [4.69, 9.17) is 9.47 Å². The van der Waals surface area contributed by atoms with E-state index in [0.29, 0.717) is 0 Å². The van der Waals surface area contributed by atoms with Gasteiger partial charge in [0.1, 0.15) is 11.5 Å². The normalized spacial score (nSPS) is 11.7. The van der Waals surface area contributed by atoms with Gasteiger partial charge in [0.2, 0.25) is 0 Å². The zero-order valence-electron chi connectivity index (χ0n) is 24.5. The molecule has 0 aliphatic rings. The number of rotatable bonds is 18. The average molecular weight is 691 g/mol. The van der Waals surface area contributed by atoms with Gasteiger partial charge in [-0.05, 0) is 83.3 Å². The third kappa shape index (κ3) is 10.2. The van der Waals surface area contributed by atoms with Crippen LogP contribution in [0.3, 0.4) is 0 Å². The second kappa shape index (κ2) is 18.7. The summed E-state index contributed by atoms with van der Waals surface area (Å²) >= 11 is 7.02. The molecule has 0 aromatic heterocycles. The molecule has 0 bridgehead atoms. The summed E-state index contributed by atoms with van der Waals surface area (Å²) in [5, 5.41) is 2.15. The van der Waals surface area contributed by atoms with Crippen LogP contribution in [-0.2, 0) is 0 Å². The molecule has 220 valence electrons. The Labute approximate surface area is 269 Å². The predicted molar refractivity (Wildman–Crippen MR) is 186 cm³/mol. The van der Waals surface area contributed by atoms with Gasteiger partial charge in [-0.25, -0.2) is 0 Å². The largest absolute Gasteiger partial charge is 0.494 e. The third-order valence-electron chi connectivity index (χ3n) is 7.25. The maximum atomic E-state index is 6.09. The first-order valence-electron chi connectivity index (χ1n) is 15.2. The summed E-state index contributed by atoms with van der Waals surface area (Å²) in [5.41, 5.74) is 7.08. The van der Waals surface area contributed by atoms with Gasteiger partial charge in [0.05, 0.1) is 13.2 Å². The Morgan fingerprint density at radius 3 is 1.07 bits per heavy atom. The molecule has 0 heterocycles. The lowest BCUT2D eigenvalue weighted by Crippen LogP contribution is -2.00. The van der Waals surface area contributed by atoms with Gasteiger partial charge in [0, 0.05) is 10.7 Å². The fourth-order valence-corrected chi connectivity index (χ4v) is 5.83. The van der Waals surface area contributed by atoms with Gasteiger partial charge < -0.3 is 9.47 Å². The second-order valence-corrected chi connectivity index (χ2v) is 12.0. The fourth-order valence-electron chi connectivity index (χ4n) is 5.04. The van der Waals surface area contributed by atoms with Crippen molar-refractivity contribution in [2.45, 2.75) is 51.4 Å². The Bertz CT molecular complexity index is 1210. The van der Waals surface area contributed by atoms with Crippen LogP contribution >= 0.6 is 31.9 Å². The fraction of sp³-hybridized carbons (Fsp3) is 0.316. The van der Waals surface area contributed by atoms with Crippen molar-refractivity contribution < 1.29 is 9.47 Å². The van der Waals surface area contributed by atoms with Crippen molar-refractivity contribution in [1.82, 2.24) is 0 Å². The molecule has 0 aliphatic carbocycles. The standard InChI is InChI=1S/C38H42Br2O2/c39-27-11-1-3-13-29-41-35-23-19-33(20-24-35)37(31-15-7-5-8-16-31)38(32-17-9-6-10-18-32)34-21-25-36(26-22-34)42-30-14-4-2-12-28-40/h5-10,15-26H,1-4,11-14,27-30H2. The zero-order valence-corrected chi connectivity index (χ0v) is 27.6. The smallest absolute Gasteiger partial charge is 0.119 e. The number of alkyl halides is 2. The van der Waals surface area contributed by atoms with Crippen molar-refractivity contribution in [2.75, 3.05) is 23.9 Å². The van der Waals surface area contributed by atoms with E-state index >= 15 is 0 Å². The highest BCUT2D eigenvalue weighted by atomic mass is 79.9. The number of hydrogen-bond acceptors (Lipinski definition) is 2. The first-order chi connectivity index (χ1) is 20.8. The van der Waals surface area contributed by atoms with Gasteiger partial charge in [0.15, 0.2) is 0 Å². The lowest BCUT2D eigenvalue weighted by molar-refractivity contribution is 0.305. The van der Waals surface area contributed by atoms with E-state index in [1.807, 2.05) is 0 Å². The summed E-state index contributed by atoms with van der Waals surface area (Å²) in [6.07, 6.45) is 9.50. The first kappa shape index (κ1) is 32.1. The van der Waals surface area contributed by atoms with Crippen LogP contribution in [0.25, 0.3) is 11.1 Å². The van der Waals surface area contributed by atoms with Crippen LogP contribution in [0.2, 0.25) is 0 Å². The van der Waals surface area contributed by atoms with E-state index in [1.165, 1.54) is 60.8 Å². The third-order valence-corrected chi connectivity index (χ3v) is 8.38. The molecule has 0 aliphatic heterocycles. The summed E-state index contributed by atoms with van der Waals surface area (Å²) < 4.78 is 12.2. The SMILES string of the molecule is BrCCCCCCOc1ccc(C(=C(c2ccccc2)c2ccc(OCCCCCCBr)cc2)c2ccccc2)cc1. The molecule has 0 saturated heterocycles. The Kier molecular flexibility index (Phi) is 14.3. The molecule has 0 fully saturated rings. The molecule has 2 nitrogen and oxygen atoms in total. The number of halogens is 2. The average Bonchev–Trinajstić information content (AvgIpc) is 3.05. The van der Waals surface area contributed by atoms with Crippen LogP contribution in [0.1, 0.15) is 73.6 Å². The van der Waals surface area contributed by atoms with Crippen LogP contribution in [-0.4, -0.2) is 23.9 Å². The van der Waals surface area contributed by atoms with Crippen molar-refractivity contribution in [3.63, 3.8) is 0 Å².